The number of ether oxygens (including phenoxy) is 1. The summed E-state index contributed by atoms with van der Waals surface area (Å²) in [6.45, 7) is 11.4. The van der Waals surface area contributed by atoms with Crippen LogP contribution in [0.4, 0.5) is 4.79 Å². The van der Waals surface area contributed by atoms with Crippen LogP contribution in [0.3, 0.4) is 0 Å². The average molecular weight is 340 g/mol. The number of amides is 1. The molecule has 0 saturated heterocycles. The fraction of sp³-hybridized carbons (Fsp3) is 0.476. The fourth-order valence-electron chi connectivity index (χ4n) is 3.24. The molecule has 0 fully saturated rings. The number of aromatic amines is 1. The molecule has 134 valence electrons. The quantitative estimate of drug-likeness (QED) is 0.804. The molecule has 1 amide bonds. The van der Waals surface area contributed by atoms with Gasteiger partial charge in [0.1, 0.15) is 5.60 Å². The normalized spacial score (nSPS) is 15.6. The van der Waals surface area contributed by atoms with E-state index in [1.165, 1.54) is 27.6 Å². The summed E-state index contributed by atoms with van der Waals surface area (Å²) in [7, 11) is 0. The maximum Gasteiger partial charge on any atom is 0.410 e. The van der Waals surface area contributed by atoms with Gasteiger partial charge in [-0.05, 0) is 61.9 Å². The molecule has 0 saturated carbocycles. The van der Waals surface area contributed by atoms with E-state index in [-0.39, 0.29) is 6.09 Å². The predicted octanol–water partition coefficient (Wildman–Crippen LogP) is 5.32. The summed E-state index contributed by atoms with van der Waals surface area (Å²) in [4.78, 5) is 17.3. The van der Waals surface area contributed by atoms with E-state index in [2.05, 4.69) is 49.3 Å². The van der Waals surface area contributed by atoms with E-state index in [1.807, 2.05) is 20.8 Å². The number of aromatic nitrogens is 1. The van der Waals surface area contributed by atoms with Crippen LogP contribution >= 0.6 is 0 Å². The molecule has 1 aliphatic heterocycles. The lowest BCUT2D eigenvalue weighted by atomic mass is 9.95. The fourth-order valence-corrected chi connectivity index (χ4v) is 3.24. The van der Waals surface area contributed by atoms with Gasteiger partial charge in [0.05, 0.1) is 0 Å². The minimum atomic E-state index is -0.451. The monoisotopic (exact) mass is 340 g/mol. The van der Waals surface area contributed by atoms with Crippen LogP contribution in [0.25, 0.3) is 16.5 Å². The summed E-state index contributed by atoms with van der Waals surface area (Å²) in [5.41, 5.74) is 4.63. The number of nitrogens with zero attached hydrogens (tertiary/aromatic N) is 1. The van der Waals surface area contributed by atoms with E-state index in [0.717, 1.165) is 6.42 Å². The first-order chi connectivity index (χ1) is 11.7. The van der Waals surface area contributed by atoms with Crippen molar-refractivity contribution in [3.63, 3.8) is 0 Å². The van der Waals surface area contributed by atoms with Crippen LogP contribution in [-0.2, 0) is 4.74 Å². The van der Waals surface area contributed by atoms with Crippen molar-refractivity contribution in [2.75, 3.05) is 13.1 Å². The molecule has 1 aromatic carbocycles. The highest BCUT2D eigenvalue weighted by Gasteiger charge is 2.24. The van der Waals surface area contributed by atoms with Crippen molar-refractivity contribution in [3.8, 4) is 0 Å². The zero-order valence-electron chi connectivity index (χ0n) is 15.8. The molecule has 0 radical (unpaired) electrons. The largest absolute Gasteiger partial charge is 0.444 e. The second-order valence-electron chi connectivity index (χ2n) is 8.06. The number of carbonyl (C=O) groups excluding carboxylic acids is 1. The maximum atomic E-state index is 12.2. The molecule has 0 aliphatic carbocycles. The Bertz CT molecular complexity index is 809. The van der Waals surface area contributed by atoms with Gasteiger partial charge in [0, 0.05) is 30.2 Å². The van der Waals surface area contributed by atoms with Crippen LogP contribution in [-0.4, -0.2) is 34.7 Å². The minimum absolute atomic E-state index is 0.231. The van der Waals surface area contributed by atoms with E-state index < -0.39 is 5.60 Å². The van der Waals surface area contributed by atoms with Crippen LogP contribution < -0.4 is 0 Å². The van der Waals surface area contributed by atoms with Crippen molar-refractivity contribution in [1.82, 2.24) is 9.88 Å². The molecule has 4 nitrogen and oxygen atoms in total. The van der Waals surface area contributed by atoms with Gasteiger partial charge in [-0.1, -0.05) is 26.0 Å². The van der Waals surface area contributed by atoms with Crippen LogP contribution in [0.1, 0.15) is 58.1 Å². The molecule has 2 heterocycles. The SMILES string of the molecule is CC(C)c1c[nH]c2ccc(C3=CCN(C(=O)OC(C)(C)C)CC3)cc12. The highest BCUT2D eigenvalue weighted by molar-refractivity contribution is 5.87. The number of rotatable bonds is 2. The molecule has 0 atom stereocenters. The molecule has 0 spiro atoms. The van der Waals surface area contributed by atoms with Gasteiger partial charge in [0.2, 0.25) is 0 Å². The van der Waals surface area contributed by atoms with Crippen LogP contribution in [0.5, 0.6) is 0 Å². The van der Waals surface area contributed by atoms with Crippen molar-refractivity contribution in [3.05, 3.63) is 41.6 Å². The van der Waals surface area contributed by atoms with Gasteiger partial charge in [-0.3, -0.25) is 0 Å². The summed E-state index contributed by atoms with van der Waals surface area (Å²) >= 11 is 0. The van der Waals surface area contributed by atoms with Crippen molar-refractivity contribution in [2.45, 2.75) is 52.6 Å². The molecule has 4 heteroatoms. The molecular formula is C21H28N2O2. The Kier molecular flexibility index (Phi) is 4.63. The molecule has 3 rings (SSSR count). The highest BCUT2D eigenvalue weighted by Crippen LogP contribution is 2.30. The van der Waals surface area contributed by atoms with Gasteiger partial charge in [-0.15, -0.1) is 0 Å². The van der Waals surface area contributed by atoms with Gasteiger partial charge in [0.15, 0.2) is 0 Å². The number of hydrogen-bond acceptors (Lipinski definition) is 2. The lowest BCUT2D eigenvalue weighted by molar-refractivity contribution is 0.0270. The topological polar surface area (TPSA) is 45.3 Å². The van der Waals surface area contributed by atoms with Gasteiger partial charge < -0.3 is 14.6 Å². The second-order valence-corrected chi connectivity index (χ2v) is 8.06. The molecule has 1 N–H and O–H groups in total. The van der Waals surface area contributed by atoms with Crippen LogP contribution in [0.15, 0.2) is 30.5 Å². The molecule has 2 aromatic rings. The number of benzene rings is 1. The molecule has 0 unspecified atom stereocenters. The van der Waals surface area contributed by atoms with E-state index >= 15 is 0 Å². The maximum absolute atomic E-state index is 12.2. The van der Waals surface area contributed by atoms with Gasteiger partial charge >= 0.3 is 6.09 Å². The molecule has 1 aliphatic rings. The van der Waals surface area contributed by atoms with Crippen molar-refractivity contribution in [1.29, 1.82) is 0 Å². The lowest BCUT2D eigenvalue weighted by Crippen LogP contribution is -2.39. The Labute approximate surface area is 149 Å². The number of H-pyrrole nitrogens is 1. The second kappa shape index (κ2) is 6.58. The number of hydrogen-bond donors (Lipinski definition) is 1. The molecule has 1 aromatic heterocycles. The lowest BCUT2D eigenvalue weighted by Gasteiger charge is -2.29. The Morgan fingerprint density at radius 1 is 1.28 bits per heavy atom. The zero-order valence-corrected chi connectivity index (χ0v) is 15.8. The summed E-state index contributed by atoms with van der Waals surface area (Å²) in [5.74, 6) is 0.493. The van der Waals surface area contributed by atoms with Gasteiger partial charge in [0.25, 0.3) is 0 Å². The Hall–Kier alpha value is -2.23. The number of fused-ring (bicyclic) bond motifs is 1. The van der Waals surface area contributed by atoms with E-state index in [9.17, 15) is 4.79 Å². The standard InChI is InChI=1S/C21H28N2O2/c1-14(2)18-13-22-19-7-6-16(12-17(18)19)15-8-10-23(11-9-15)20(24)25-21(3,4)5/h6-8,12-14,22H,9-11H2,1-5H3. The summed E-state index contributed by atoms with van der Waals surface area (Å²) in [5, 5.41) is 1.29. The molecular weight excluding hydrogens is 312 g/mol. The third kappa shape index (κ3) is 3.89. The highest BCUT2D eigenvalue weighted by atomic mass is 16.6. The number of carbonyl (C=O) groups is 1. The number of nitrogens with one attached hydrogen (secondary N) is 1. The van der Waals surface area contributed by atoms with Crippen molar-refractivity contribution >= 4 is 22.6 Å². The summed E-state index contributed by atoms with van der Waals surface area (Å²) in [6, 6.07) is 6.59. The third-order valence-electron chi connectivity index (χ3n) is 4.57. The first kappa shape index (κ1) is 17.6. The predicted molar refractivity (Wildman–Crippen MR) is 103 cm³/mol. The van der Waals surface area contributed by atoms with E-state index in [0.29, 0.717) is 19.0 Å². The first-order valence-corrected chi connectivity index (χ1v) is 9.03. The molecule has 0 bridgehead atoms. The molecule has 25 heavy (non-hydrogen) atoms. The van der Waals surface area contributed by atoms with Crippen molar-refractivity contribution in [2.24, 2.45) is 0 Å². The Morgan fingerprint density at radius 2 is 2.04 bits per heavy atom. The Morgan fingerprint density at radius 3 is 2.64 bits per heavy atom. The average Bonchev–Trinajstić information content (AvgIpc) is 2.96. The summed E-state index contributed by atoms with van der Waals surface area (Å²) < 4.78 is 5.46. The minimum Gasteiger partial charge on any atom is -0.444 e. The van der Waals surface area contributed by atoms with E-state index in [4.69, 9.17) is 4.74 Å². The Balaban J connectivity index is 1.78. The first-order valence-electron chi connectivity index (χ1n) is 9.03. The van der Waals surface area contributed by atoms with Crippen LogP contribution in [0.2, 0.25) is 0 Å². The smallest absolute Gasteiger partial charge is 0.410 e. The zero-order chi connectivity index (χ0) is 18.2. The van der Waals surface area contributed by atoms with E-state index in [1.54, 1.807) is 4.90 Å². The van der Waals surface area contributed by atoms with Gasteiger partial charge in [-0.25, -0.2) is 4.79 Å². The van der Waals surface area contributed by atoms with Crippen molar-refractivity contribution < 1.29 is 9.53 Å². The third-order valence-corrected chi connectivity index (χ3v) is 4.57. The van der Waals surface area contributed by atoms with Gasteiger partial charge in [-0.2, -0.15) is 0 Å². The van der Waals surface area contributed by atoms with Crippen LogP contribution in [0, 0.1) is 0 Å². The summed E-state index contributed by atoms with van der Waals surface area (Å²) in [6.07, 6.45) is 4.88.